The molecule has 2 heterocycles. The molecule has 2 aliphatic heterocycles. The summed E-state index contributed by atoms with van der Waals surface area (Å²) in [5, 5.41) is 11.8. The molecule has 1 unspecified atom stereocenters. The van der Waals surface area contributed by atoms with Crippen molar-refractivity contribution in [1.29, 1.82) is 0 Å². The van der Waals surface area contributed by atoms with Crippen LogP contribution in [0.4, 0.5) is 0 Å². The predicted octanol–water partition coefficient (Wildman–Crippen LogP) is -0.836. The summed E-state index contributed by atoms with van der Waals surface area (Å²) in [5.74, 6) is -0.0449. The van der Waals surface area contributed by atoms with Crippen LogP contribution >= 0.6 is 0 Å². The first kappa shape index (κ1) is 14.5. The molecule has 0 bridgehead atoms. The topological polar surface area (TPSA) is 108 Å². The summed E-state index contributed by atoms with van der Waals surface area (Å²) in [6.07, 6.45) is 2.24. The third-order valence-corrected chi connectivity index (χ3v) is 5.55. The maximum absolute atomic E-state index is 12.6. The van der Waals surface area contributed by atoms with Crippen molar-refractivity contribution in [3.05, 3.63) is 0 Å². The summed E-state index contributed by atoms with van der Waals surface area (Å²) in [4.78, 5) is 0. The summed E-state index contributed by atoms with van der Waals surface area (Å²) in [7, 11) is -3.57. The van der Waals surface area contributed by atoms with Crippen molar-refractivity contribution < 1.29 is 18.4 Å². The van der Waals surface area contributed by atoms with Gasteiger partial charge in [-0.1, -0.05) is 11.6 Å². The van der Waals surface area contributed by atoms with Crippen molar-refractivity contribution in [3.63, 3.8) is 0 Å². The van der Waals surface area contributed by atoms with Crippen LogP contribution in [0.15, 0.2) is 5.16 Å². The van der Waals surface area contributed by atoms with Crippen molar-refractivity contribution in [2.24, 2.45) is 10.9 Å². The number of morpholine rings is 1. The molecule has 1 atom stereocenters. The van der Waals surface area contributed by atoms with E-state index in [1.807, 2.05) is 0 Å². The fourth-order valence-electron chi connectivity index (χ4n) is 2.47. The first-order valence-corrected chi connectivity index (χ1v) is 7.79. The normalized spacial score (nSPS) is 28.4. The fraction of sp³-hybridized carbons (Fsp3) is 0.900. The summed E-state index contributed by atoms with van der Waals surface area (Å²) in [6, 6.07) is -0.549. The van der Waals surface area contributed by atoms with Gasteiger partial charge < -0.3 is 15.7 Å². The zero-order valence-corrected chi connectivity index (χ0v) is 11.5. The lowest BCUT2D eigenvalue weighted by molar-refractivity contribution is 0.0691. The van der Waals surface area contributed by atoms with E-state index in [2.05, 4.69) is 5.16 Å². The molecular formula is C10H20N4O4S. The number of piperidine rings is 1. The van der Waals surface area contributed by atoms with Crippen LogP contribution in [0.3, 0.4) is 0 Å². The molecule has 9 heteroatoms. The lowest BCUT2D eigenvalue weighted by Crippen LogP contribution is -2.56. The molecule has 0 saturated carbocycles. The van der Waals surface area contributed by atoms with Crippen LogP contribution in [0.1, 0.15) is 19.3 Å². The van der Waals surface area contributed by atoms with E-state index in [0.29, 0.717) is 39.3 Å². The second-order valence-corrected chi connectivity index (χ2v) is 6.55. The van der Waals surface area contributed by atoms with E-state index in [9.17, 15) is 8.42 Å². The maximum Gasteiger partial charge on any atom is 0.282 e. The van der Waals surface area contributed by atoms with Crippen LogP contribution in [0.25, 0.3) is 0 Å². The van der Waals surface area contributed by atoms with Crippen LogP contribution in [-0.4, -0.2) is 67.0 Å². The molecule has 110 valence electrons. The Kier molecular flexibility index (Phi) is 4.61. The molecule has 0 amide bonds. The maximum atomic E-state index is 12.6. The van der Waals surface area contributed by atoms with Gasteiger partial charge in [-0.05, 0) is 12.8 Å². The second-order valence-electron chi connectivity index (χ2n) is 4.67. The number of rotatable bonds is 3. The monoisotopic (exact) mass is 292 g/mol. The van der Waals surface area contributed by atoms with E-state index in [4.69, 9.17) is 15.7 Å². The minimum Gasteiger partial charge on any atom is -0.409 e. The zero-order chi connectivity index (χ0) is 13.9. The third-order valence-electron chi connectivity index (χ3n) is 3.50. The number of ether oxygens (including phenoxy) is 1. The highest BCUT2D eigenvalue weighted by Gasteiger charge is 2.38. The van der Waals surface area contributed by atoms with E-state index in [-0.39, 0.29) is 5.84 Å². The molecule has 2 fully saturated rings. The van der Waals surface area contributed by atoms with Gasteiger partial charge in [0.25, 0.3) is 10.2 Å². The highest BCUT2D eigenvalue weighted by Crippen LogP contribution is 2.23. The van der Waals surface area contributed by atoms with Gasteiger partial charge in [-0.3, -0.25) is 0 Å². The molecule has 3 N–H and O–H groups in total. The molecule has 8 nitrogen and oxygen atoms in total. The molecule has 2 saturated heterocycles. The number of hydrogen-bond donors (Lipinski definition) is 2. The van der Waals surface area contributed by atoms with Gasteiger partial charge >= 0.3 is 0 Å². The molecule has 0 aromatic carbocycles. The Hall–Kier alpha value is -0.900. The Bertz CT molecular complexity index is 433. The lowest BCUT2D eigenvalue weighted by Gasteiger charge is -2.38. The van der Waals surface area contributed by atoms with Crippen LogP contribution in [0, 0.1) is 0 Å². The smallest absolute Gasteiger partial charge is 0.282 e. The SMILES string of the molecule is NC(=NO)C1CCCCN1S(=O)(=O)N1CCOCC1. The Morgan fingerprint density at radius 1 is 1.26 bits per heavy atom. The van der Waals surface area contributed by atoms with Crippen LogP contribution in [0.2, 0.25) is 0 Å². The molecular weight excluding hydrogens is 272 g/mol. The summed E-state index contributed by atoms with van der Waals surface area (Å²) in [6.45, 7) is 1.91. The summed E-state index contributed by atoms with van der Waals surface area (Å²) < 4.78 is 33.1. The van der Waals surface area contributed by atoms with Crippen molar-refractivity contribution in [3.8, 4) is 0 Å². The standard InChI is InChI=1S/C10H20N4O4S/c11-10(12-15)9-3-1-2-4-14(9)19(16,17)13-5-7-18-8-6-13/h9,15H,1-8H2,(H2,11,12). The summed E-state index contributed by atoms with van der Waals surface area (Å²) >= 11 is 0. The van der Waals surface area contributed by atoms with Gasteiger partial charge in [0.1, 0.15) is 0 Å². The van der Waals surface area contributed by atoms with Gasteiger partial charge in [0.05, 0.1) is 19.3 Å². The number of amidine groups is 1. The van der Waals surface area contributed by atoms with E-state index >= 15 is 0 Å². The van der Waals surface area contributed by atoms with E-state index in [1.165, 1.54) is 8.61 Å². The van der Waals surface area contributed by atoms with Gasteiger partial charge in [0.2, 0.25) is 0 Å². The Morgan fingerprint density at radius 2 is 1.95 bits per heavy atom. The van der Waals surface area contributed by atoms with Gasteiger partial charge in [-0.15, -0.1) is 0 Å². The molecule has 0 radical (unpaired) electrons. The van der Waals surface area contributed by atoms with Crippen molar-refractivity contribution in [2.75, 3.05) is 32.8 Å². The highest BCUT2D eigenvalue weighted by molar-refractivity contribution is 7.86. The van der Waals surface area contributed by atoms with E-state index in [0.717, 1.165) is 12.8 Å². The predicted molar refractivity (Wildman–Crippen MR) is 69.1 cm³/mol. The molecule has 19 heavy (non-hydrogen) atoms. The van der Waals surface area contributed by atoms with Crippen LogP contribution in [0.5, 0.6) is 0 Å². The molecule has 2 rings (SSSR count). The minimum absolute atomic E-state index is 0.0449. The molecule has 0 aromatic heterocycles. The molecule has 0 aliphatic carbocycles. The number of hydrogen-bond acceptors (Lipinski definition) is 5. The van der Waals surface area contributed by atoms with Gasteiger partial charge in [-0.2, -0.15) is 17.0 Å². The average Bonchev–Trinajstić information content (AvgIpc) is 2.47. The third kappa shape index (κ3) is 2.99. The van der Waals surface area contributed by atoms with Gasteiger partial charge in [0.15, 0.2) is 5.84 Å². The van der Waals surface area contributed by atoms with Gasteiger partial charge in [0, 0.05) is 19.6 Å². The number of nitrogens with zero attached hydrogens (tertiary/aromatic N) is 3. The Balaban J connectivity index is 2.20. The van der Waals surface area contributed by atoms with Crippen LogP contribution < -0.4 is 5.73 Å². The number of oxime groups is 1. The lowest BCUT2D eigenvalue weighted by atomic mass is 10.0. The number of nitrogens with two attached hydrogens (primary N) is 1. The largest absolute Gasteiger partial charge is 0.409 e. The quantitative estimate of drug-likeness (QED) is 0.305. The van der Waals surface area contributed by atoms with E-state index in [1.54, 1.807) is 0 Å². The second kappa shape index (κ2) is 6.04. The highest BCUT2D eigenvalue weighted by atomic mass is 32.2. The Morgan fingerprint density at radius 3 is 2.58 bits per heavy atom. The molecule has 0 spiro atoms. The minimum atomic E-state index is -3.57. The van der Waals surface area contributed by atoms with Crippen LogP contribution in [-0.2, 0) is 14.9 Å². The zero-order valence-electron chi connectivity index (χ0n) is 10.7. The van der Waals surface area contributed by atoms with Crippen molar-refractivity contribution in [1.82, 2.24) is 8.61 Å². The van der Waals surface area contributed by atoms with Crippen molar-refractivity contribution >= 4 is 16.0 Å². The molecule has 0 aromatic rings. The Labute approximate surface area is 113 Å². The first-order valence-electron chi connectivity index (χ1n) is 6.39. The van der Waals surface area contributed by atoms with Crippen molar-refractivity contribution in [2.45, 2.75) is 25.3 Å². The molecule has 2 aliphatic rings. The average molecular weight is 292 g/mol. The first-order chi connectivity index (χ1) is 9.07. The fourth-order valence-corrected chi connectivity index (χ4v) is 4.27. The van der Waals surface area contributed by atoms with E-state index < -0.39 is 16.3 Å². The van der Waals surface area contributed by atoms with Gasteiger partial charge in [-0.25, -0.2) is 0 Å². The summed E-state index contributed by atoms with van der Waals surface area (Å²) in [5.41, 5.74) is 5.61.